The molecule has 108 valence electrons. The highest BCUT2D eigenvalue weighted by molar-refractivity contribution is 5.19. The molecule has 1 aromatic rings. The number of halogens is 1. The molecule has 0 bridgehead atoms. The molecule has 0 radical (unpaired) electrons. The van der Waals surface area contributed by atoms with Gasteiger partial charge in [-0.1, -0.05) is 26.0 Å². The standard InChI is InChI=1S/C16H26FNO/c1-4-16(5-2,10-11-19)12-18-13(3)14-6-8-15(17)9-7-14/h6-9,13,18-19H,4-5,10-12H2,1-3H3. The predicted octanol–water partition coefficient (Wildman–Crippen LogP) is 3.67. The van der Waals surface area contributed by atoms with Crippen LogP contribution < -0.4 is 5.32 Å². The van der Waals surface area contributed by atoms with E-state index < -0.39 is 0 Å². The molecule has 0 aliphatic heterocycles. The van der Waals surface area contributed by atoms with Crippen molar-refractivity contribution in [2.45, 2.75) is 46.1 Å². The van der Waals surface area contributed by atoms with Gasteiger partial charge in [-0.15, -0.1) is 0 Å². The molecule has 1 rings (SSSR count). The zero-order chi connectivity index (χ0) is 14.3. The van der Waals surface area contributed by atoms with Gasteiger partial charge in [-0.3, -0.25) is 0 Å². The highest BCUT2D eigenvalue weighted by Gasteiger charge is 2.25. The Balaban J connectivity index is 2.61. The minimum absolute atomic E-state index is 0.156. The molecule has 0 aliphatic rings. The highest BCUT2D eigenvalue weighted by Crippen LogP contribution is 2.30. The summed E-state index contributed by atoms with van der Waals surface area (Å²) in [5, 5.41) is 12.7. The van der Waals surface area contributed by atoms with Crippen molar-refractivity contribution in [1.29, 1.82) is 0 Å². The number of aliphatic hydroxyl groups is 1. The van der Waals surface area contributed by atoms with Crippen LogP contribution in [-0.4, -0.2) is 18.3 Å². The second-order valence-electron chi connectivity index (χ2n) is 5.33. The zero-order valence-corrected chi connectivity index (χ0v) is 12.2. The fourth-order valence-electron chi connectivity index (χ4n) is 2.42. The van der Waals surface area contributed by atoms with Crippen LogP contribution in [0, 0.1) is 11.2 Å². The van der Waals surface area contributed by atoms with Crippen LogP contribution in [0.15, 0.2) is 24.3 Å². The van der Waals surface area contributed by atoms with Gasteiger partial charge in [-0.25, -0.2) is 4.39 Å². The summed E-state index contributed by atoms with van der Waals surface area (Å²) in [7, 11) is 0. The van der Waals surface area contributed by atoms with Gasteiger partial charge in [0, 0.05) is 19.2 Å². The summed E-state index contributed by atoms with van der Waals surface area (Å²) in [5.74, 6) is -0.201. The fraction of sp³-hybridized carbons (Fsp3) is 0.625. The Hall–Kier alpha value is -0.930. The van der Waals surface area contributed by atoms with Crippen molar-refractivity contribution in [1.82, 2.24) is 5.32 Å². The van der Waals surface area contributed by atoms with Gasteiger partial charge in [0.15, 0.2) is 0 Å². The minimum Gasteiger partial charge on any atom is -0.396 e. The molecule has 0 aromatic heterocycles. The van der Waals surface area contributed by atoms with Gasteiger partial charge in [-0.2, -0.15) is 0 Å². The molecule has 2 N–H and O–H groups in total. The van der Waals surface area contributed by atoms with Crippen LogP contribution in [0.2, 0.25) is 0 Å². The Morgan fingerprint density at radius 3 is 2.26 bits per heavy atom. The van der Waals surface area contributed by atoms with E-state index in [1.165, 1.54) is 12.1 Å². The Morgan fingerprint density at radius 2 is 1.79 bits per heavy atom. The van der Waals surface area contributed by atoms with E-state index in [4.69, 9.17) is 0 Å². The number of nitrogens with one attached hydrogen (secondary N) is 1. The van der Waals surface area contributed by atoms with Crippen molar-refractivity contribution >= 4 is 0 Å². The maximum absolute atomic E-state index is 12.9. The van der Waals surface area contributed by atoms with Crippen molar-refractivity contribution < 1.29 is 9.50 Å². The van der Waals surface area contributed by atoms with Gasteiger partial charge in [-0.05, 0) is 49.3 Å². The molecule has 0 spiro atoms. The summed E-state index contributed by atoms with van der Waals surface area (Å²) < 4.78 is 12.9. The number of hydrogen-bond acceptors (Lipinski definition) is 2. The third-order valence-electron chi connectivity index (χ3n) is 4.30. The second-order valence-corrected chi connectivity index (χ2v) is 5.33. The highest BCUT2D eigenvalue weighted by atomic mass is 19.1. The monoisotopic (exact) mass is 267 g/mol. The Kier molecular flexibility index (Phi) is 6.46. The molecule has 0 heterocycles. The van der Waals surface area contributed by atoms with Crippen LogP contribution in [0.3, 0.4) is 0 Å². The molecule has 1 atom stereocenters. The number of aliphatic hydroxyl groups excluding tert-OH is 1. The van der Waals surface area contributed by atoms with Gasteiger partial charge in [0.2, 0.25) is 0 Å². The van der Waals surface area contributed by atoms with Gasteiger partial charge < -0.3 is 10.4 Å². The lowest BCUT2D eigenvalue weighted by atomic mass is 9.79. The first-order valence-corrected chi connectivity index (χ1v) is 7.16. The van der Waals surface area contributed by atoms with E-state index in [9.17, 15) is 9.50 Å². The van der Waals surface area contributed by atoms with Gasteiger partial charge in [0.1, 0.15) is 5.82 Å². The molecule has 0 saturated heterocycles. The normalized spacial score (nSPS) is 13.5. The number of hydrogen-bond donors (Lipinski definition) is 2. The molecule has 3 heteroatoms. The van der Waals surface area contributed by atoms with Crippen LogP contribution in [0.1, 0.15) is 51.6 Å². The first-order valence-electron chi connectivity index (χ1n) is 7.16. The first kappa shape index (κ1) is 16.1. The SMILES string of the molecule is CCC(CC)(CCO)CNC(C)c1ccc(F)cc1. The lowest BCUT2D eigenvalue weighted by Crippen LogP contribution is -2.35. The molecule has 1 unspecified atom stereocenters. The van der Waals surface area contributed by atoms with E-state index in [2.05, 4.69) is 26.1 Å². The molecule has 19 heavy (non-hydrogen) atoms. The summed E-state index contributed by atoms with van der Waals surface area (Å²) in [4.78, 5) is 0. The Labute approximate surface area is 116 Å². The average Bonchev–Trinajstić information content (AvgIpc) is 2.44. The summed E-state index contributed by atoms with van der Waals surface area (Å²) >= 11 is 0. The van der Waals surface area contributed by atoms with Crippen molar-refractivity contribution in [3.8, 4) is 0 Å². The topological polar surface area (TPSA) is 32.3 Å². The van der Waals surface area contributed by atoms with Crippen LogP contribution in [0.4, 0.5) is 4.39 Å². The predicted molar refractivity (Wildman–Crippen MR) is 77.5 cm³/mol. The van der Waals surface area contributed by atoms with Gasteiger partial charge >= 0.3 is 0 Å². The van der Waals surface area contributed by atoms with Crippen molar-refractivity contribution in [2.75, 3.05) is 13.2 Å². The second kappa shape index (κ2) is 7.61. The van der Waals surface area contributed by atoms with E-state index in [0.29, 0.717) is 0 Å². The molecule has 0 aliphatic carbocycles. The maximum Gasteiger partial charge on any atom is 0.123 e. The molecule has 2 nitrogen and oxygen atoms in total. The van der Waals surface area contributed by atoms with Crippen LogP contribution in [-0.2, 0) is 0 Å². The maximum atomic E-state index is 12.9. The van der Waals surface area contributed by atoms with E-state index in [0.717, 1.165) is 31.4 Å². The van der Waals surface area contributed by atoms with Gasteiger partial charge in [0.05, 0.1) is 0 Å². The largest absolute Gasteiger partial charge is 0.396 e. The lowest BCUT2D eigenvalue weighted by molar-refractivity contribution is 0.160. The molecule has 0 saturated carbocycles. The summed E-state index contributed by atoms with van der Waals surface area (Å²) in [6, 6.07) is 6.82. The first-order chi connectivity index (χ1) is 9.06. The van der Waals surface area contributed by atoms with Crippen LogP contribution >= 0.6 is 0 Å². The van der Waals surface area contributed by atoms with Crippen LogP contribution in [0.5, 0.6) is 0 Å². The average molecular weight is 267 g/mol. The third kappa shape index (κ3) is 4.59. The summed E-state index contributed by atoms with van der Waals surface area (Å²) in [6.07, 6.45) is 2.92. The smallest absolute Gasteiger partial charge is 0.123 e. The lowest BCUT2D eigenvalue weighted by Gasteiger charge is -2.33. The quantitative estimate of drug-likeness (QED) is 0.753. The Bertz CT molecular complexity index is 360. The minimum atomic E-state index is -0.201. The molecule has 0 fully saturated rings. The summed E-state index contributed by atoms with van der Waals surface area (Å²) in [6.45, 7) is 7.53. The van der Waals surface area contributed by atoms with E-state index in [1.54, 1.807) is 0 Å². The number of benzene rings is 1. The van der Waals surface area contributed by atoms with Gasteiger partial charge in [0.25, 0.3) is 0 Å². The van der Waals surface area contributed by atoms with E-state index in [1.807, 2.05) is 12.1 Å². The van der Waals surface area contributed by atoms with Crippen LogP contribution in [0.25, 0.3) is 0 Å². The van der Waals surface area contributed by atoms with Crippen molar-refractivity contribution in [3.63, 3.8) is 0 Å². The third-order valence-corrected chi connectivity index (χ3v) is 4.30. The van der Waals surface area contributed by atoms with Crippen molar-refractivity contribution in [3.05, 3.63) is 35.6 Å². The van der Waals surface area contributed by atoms with E-state index >= 15 is 0 Å². The van der Waals surface area contributed by atoms with Crippen molar-refractivity contribution in [2.24, 2.45) is 5.41 Å². The molecule has 0 amide bonds. The van der Waals surface area contributed by atoms with E-state index in [-0.39, 0.29) is 23.9 Å². The number of rotatable bonds is 8. The summed E-state index contributed by atoms with van der Waals surface area (Å²) in [5.41, 5.74) is 1.25. The fourth-order valence-corrected chi connectivity index (χ4v) is 2.42. The molecule has 1 aromatic carbocycles. The molecular formula is C16H26FNO. The zero-order valence-electron chi connectivity index (χ0n) is 12.2. The molecular weight excluding hydrogens is 241 g/mol. The Morgan fingerprint density at radius 1 is 1.21 bits per heavy atom.